The topological polar surface area (TPSA) is 60.9 Å². The summed E-state index contributed by atoms with van der Waals surface area (Å²) >= 11 is 0. The molecule has 2 aromatic carbocycles. The third-order valence-electron chi connectivity index (χ3n) is 6.51. The third kappa shape index (κ3) is 5.46. The van der Waals surface area contributed by atoms with Gasteiger partial charge in [0.1, 0.15) is 0 Å². The molecule has 34 heavy (non-hydrogen) atoms. The van der Waals surface area contributed by atoms with Crippen molar-refractivity contribution in [2.75, 3.05) is 35.9 Å². The Morgan fingerprint density at radius 2 is 1.88 bits per heavy atom. The molecular formula is C27H37N3O3S. The van der Waals surface area contributed by atoms with Crippen LogP contribution in [0.15, 0.2) is 53.9 Å². The average molecular weight is 484 g/mol. The first-order valence-electron chi connectivity index (χ1n) is 11.9. The van der Waals surface area contributed by atoms with Gasteiger partial charge >= 0.3 is 0 Å². The van der Waals surface area contributed by atoms with Gasteiger partial charge in [-0.05, 0) is 60.2 Å². The van der Waals surface area contributed by atoms with E-state index in [2.05, 4.69) is 18.4 Å². The maximum atomic E-state index is 13.8. The van der Waals surface area contributed by atoms with Gasteiger partial charge in [0.25, 0.3) is 10.0 Å². The lowest BCUT2D eigenvalue weighted by molar-refractivity contribution is -0.127. The second-order valence-electron chi connectivity index (χ2n) is 9.39. The molecule has 0 aliphatic carbocycles. The van der Waals surface area contributed by atoms with Gasteiger partial charge in [0.2, 0.25) is 5.91 Å². The molecule has 0 spiro atoms. The van der Waals surface area contributed by atoms with Crippen molar-refractivity contribution < 1.29 is 13.2 Å². The van der Waals surface area contributed by atoms with Crippen LogP contribution in [0.1, 0.15) is 45.2 Å². The summed E-state index contributed by atoms with van der Waals surface area (Å²) in [5.74, 6) is 0.245. The van der Waals surface area contributed by atoms with Crippen molar-refractivity contribution in [2.45, 2.75) is 51.5 Å². The van der Waals surface area contributed by atoms with Gasteiger partial charge < -0.3 is 9.80 Å². The van der Waals surface area contributed by atoms with Gasteiger partial charge in [-0.1, -0.05) is 45.6 Å². The number of likely N-dealkylation sites (N-methyl/N-ethyl adjacent to an activating group) is 1. The molecule has 0 saturated carbocycles. The molecule has 6 nitrogen and oxygen atoms in total. The summed E-state index contributed by atoms with van der Waals surface area (Å²) < 4.78 is 29.1. The van der Waals surface area contributed by atoms with Gasteiger partial charge in [0, 0.05) is 45.3 Å². The molecule has 0 aromatic heterocycles. The molecule has 1 aliphatic rings. The molecule has 0 bridgehead atoms. The molecule has 1 atom stereocenters. The highest BCUT2D eigenvalue weighted by atomic mass is 32.2. The van der Waals surface area contributed by atoms with Crippen molar-refractivity contribution in [1.82, 2.24) is 4.90 Å². The van der Waals surface area contributed by atoms with Crippen LogP contribution in [0.5, 0.6) is 0 Å². The zero-order valence-electron chi connectivity index (χ0n) is 21.0. The summed E-state index contributed by atoms with van der Waals surface area (Å²) in [7, 11) is -1.78. The summed E-state index contributed by atoms with van der Waals surface area (Å²) in [6.45, 7) is 13.4. The van der Waals surface area contributed by atoms with Crippen molar-refractivity contribution in [3.8, 4) is 0 Å². The lowest BCUT2D eigenvalue weighted by Crippen LogP contribution is -2.36. The fourth-order valence-corrected chi connectivity index (χ4v) is 6.08. The van der Waals surface area contributed by atoms with Crippen LogP contribution in [0.3, 0.4) is 0 Å². The Morgan fingerprint density at radius 1 is 1.21 bits per heavy atom. The van der Waals surface area contributed by atoms with E-state index in [4.69, 9.17) is 0 Å². The number of carbonyl (C=O) groups is 1. The molecule has 1 amide bonds. The van der Waals surface area contributed by atoms with Crippen LogP contribution in [0, 0.1) is 5.92 Å². The number of amides is 1. The van der Waals surface area contributed by atoms with Crippen LogP contribution < -0.4 is 9.21 Å². The van der Waals surface area contributed by atoms with Crippen molar-refractivity contribution >= 4 is 33.4 Å². The Bertz CT molecular complexity index is 1130. The number of nitrogens with zero attached hydrogens (tertiary/aromatic N) is 3. The van der Waals surface area contributed by atoms with Gasteiger partial charge in [-0.25, -0.2) is 8.42 Å². The zero-order chi connectivity index (χ0) is 25.0. The molecule has 0 radical (unpaired) electrons. The molecule has 184 valence electrons. The van der Waals surface area contributed by atoms with Crippen LogP contribution in [0.25, 0.3) is 6.08 Å². The lowest BCUT2D eigenvalue weighted by Gasteiger charge is -2.30. The molecule has 0 N–H and O–H groups in total. The van der Waals surface area contributed by atoms with Crippen LogP contribution in [0.4, 0.5) is 11.4 Å². The third-order valence-corrected chi connectivity index (χ3v) is 8.30. The second kappa shape index (κ2) is 10.6. The lowest BCUT2D eigenvalue weighted by atomic mass is 10.1. The van der Waals surface area contributed by atoms with Crippen molar-refractivity contribution in [3.63, 3.8) is 0 Å². The van der Waals surface area contributed by atoms with Crippen LogP contribution in [-0.2, 0) is 21.2 Å². The number of hydrogen-bond donors (Lipinski definition) is 0. The highest BCUT2D eigenvalue weighted by Gasteiger charge is 2.30. The average Bonchev–Trinajstić information content (AvgIpc) is 3.32. The standard InChI is InChI=1S/C27H37N3O3S/c1-7-22-9-11-24(12-10-22)30(18-20(3)4)34(32,33)26-13-14-27(23(8-2)17-26)28(6)25-15-16-29(19-25)21(5)31/h8-14,17,20,25H,2,7,15-16,18-19H2,1,3-6H3. The van der Waals surface area contributed by atoms with Gasteiger partial charge in [-0.3, -0.25) is 9.10 Å². The molecule has 1 aliphatic heterocycles. The Morgan fingerprint density at radius 3 is 2.41 bits per heavy atom. The first-order chi connectivity index (χ1) is 16.1. The summed E-state index contributed by atoms with van der Waals surface area (Å²) in [6, 6.07) is 13.2. The minimum absolute atomic E-state index is 0.0819. The smallest absolute Gasteiger partial charge is 0.264 e. The number of benzene rings is 2. The van der Waals surface area contributed by atoms with E-state index in [0.29, 0.717) is 18.8 Å². The molecule has 1 unspecified atom stereocenters. The number of sulfonamides is 1. The number of anilines is 2. The molecule has 2 aromatic rings. The highest BCUT2D eigenvalue weighted by Crippen LogP contribution is 2.31. The van der Waals surface area contributed by atoms with E-state index >= 15 is 0 Å². The highest BCUT2D eigenvalue weighted by molar-refractivity contribution is 7.92. The fraction of sp³-hybridized carbons (Fsp3) is 0.444. The van der Waals surface area contributed by atoms with Crippen LogP contribution >= 0.6 is 0 Å². The minimum Gasteiger partial charge on any atom is -0.369 e. The minimum atomic E-state index is -3.77. The largest absolute Gasteiger partial charge is 0.369 e. The maximum Gasteiger partial charge on any atom is 0.264 e. The van der Waals surface area contributed by atoms with Crippen LogP contribution in [-0.4, -0.2) is 51.9 Å². The van der Waals surface area contributed by atoms with E-state index in [0.717, 1.165) is 30.6 Å². The van der Waals surface area contributed by atoms with E-state index in [1.54, 1.807) is 25.1 Å². The Balaban J connectivity index is 1.95. The molecule has 7 heteroatoms. The summed E-state index contributed by atoms with van der Waals surface area (Å²) in [4.78, 5) is 16.0. The number of aryl methyl sites for hydroxylation is 1. The molecular weight excluding hydrogens is 446 g/mol. The number of carbonyl (C=O) groups excluding carboxylic acids is 1. The first kappa shape index (κ1) is 25.8. The number of likely N-dealkylation sites (tertiary alicyclic amines) is 1. The van der Waals surface area contributed by atoms with Crippen molar-refractivity contribution in [1.29, 1.82) is 0 Å². The Hall–Kier alpha value is -2.80. The van der Waals surface area contributed by atoms with E-state index in [-0.39, 0.29) is 22.8 Å². The van der Waals surface area contributed by atoms with E-state index in [1.165, 1.54) is 9.87 Å². The Labute approximate surface area is 204 Å². The fourth-order valence-electron chi connectivity index (χ4n) is 4.42. The quantitative estimate of drug-likeness (QED) is 0.514. The SMILES string of the molecule is C=Cc1cc(S(=O)(=O)N(CC(C)C)c2ccc(CC)cc2)ccc1N(C)C1CCN(C(C)=O)C1. The monoisotopic (exact) mass is 483 g/mol. The predicted molar refractivity (Wildman–Crippen MR) is 141 cm³/mol. The van der Waals surface area contributed by atoms with Gasteiger partial charge in [0.15, 0.2) is 0 Å². The normalized spacial score (nSPS) is 16.1. The number of rotatable bonds is 9. The zero-order valence-corrected chi connectivity index (χ0v) is 21.8. The van der Waals surface area contributed by atoms with E-state index < -0.39 is 10.0 Å². The van der Waals surface area contributed by atoms with E-state index in [1.807, 2.05) is 56.1 Å². The van der Waals surface area contributed by atoms with Gasteiger partial charge in [0.05, 0.1) is 10.6 Å². The maximum absolute atomic E-state index is 13.8. The molecule has 1 heterocycles. The molecule has 1 saturated heterocycles. The Kier molecular flexibility index (Phi) is 8.08. The molecule has 3 rings (SSSR count). The van der Waals surface area contributed by atoms with Crippen LogP contribution in [0.2, 0.25) is 0 Å². The van der Waals surface area contributed by atoms with E-state index in [9.17, 15) is 13.2 Å². The van der Waals surface area contributed by atoms with Crippen molar-refractivity contribution in [2.24, 2.45) is 5.92 Å². The second-order valence-corrected chi connectivity index (χ2v) is 11.3. The van der Waals surface area contributed by atoms with Gasteiger partial charge in [-0.2, -0.15) is 0 Å². The first-order valence-corrected chi connectivity index (χ1v) is 13.4. The van der Waals surface area contributed by atoms with Crippen molar-refractivity contribution in [3.05, 3.63) is 60.2 Å². The van der Waals surface area contributed by atoms with Gasteiger partial charge in [-0.15, -0.1) is 0 Å². The molecule has 1 fully saturated rings. The summed E-state index contributed by atoms with van der Waals surface area (Å²) in [6.07, 6.45) is 3.48. The number of hydrogen-bond acceptors (Lipinski definition) is 4. The summed E-state index contributed by atoms with van der Waals surface area (Å²) in [5, 5.41) is 0. The summed E-state index contributed by atoms with van der Waals surface area (Å²) in [5.41, 5.74) is 3.51. The predicted octanol–water partition coefficient (Wildman–Crippen LogP) is 4.80.